The van der Waals surface area contributed by atoms with E-state index in [1.807, 2.05) is 20.1 Å². The normalized spacial score (nSPS) is 10.8. The Kier molecular flexibility index (Phi) is 5.68. The van der Waals surface area contributed by atoms with Crippen LogP contribution in [-0.4, -0.2) is 34.3 Å². The van der Waals surface area contributed by atoms with Crippen molar-refractivity contribution in [2.45, 2.75) is 30.9 Å². The van der Waals surface area contributed by atoms with Gasteiger partial charge in [0.1, 0.15) is 5.75 Å². The highest BCUT2D eigenvalue weighted by molar-refractivity contribution is 7.99. The maximum absolute atomic E-state index is 11.2. The number of hydrogen-bond acceptors (Lipinski definition) is 7. The van der Waals surface area contributed by atoms with Crippen molar-refractivity contribution in [2.75, 3.05) is 12.0 Å². The van der Waals surface area contributed by atoms with Gasteiger partial charge in [-0.05, 0) is 20.1 Å². The highest BCUT2D eigenvalue weighted by Gasteiger charge is 2.10. The lowest BCUT2D eigenvalue weighted by Crippen LogP contribution is -2.13. The van der Waals surface area contributed by atoms with Gasteiger partial charge in [0.15, 0.2) is 0 Å². The molecule has 16 heavy (non-hydrogen) atoms. The lowest BCUT2D eigenvalue weighted by atomic mass is 10.5. The molecule has 1 heterocycles. The summed E-state index contributed by atoms with van der Waals surface area (Å²) in [5.41, 5.74) is 0. The number of aromatic nitrogens is 2. The van der Waals surface area contributed by atoms with Gasteiger partial charge in [-0.25, -0.2) is 0 Å². The Bertz CT molecular complexity index is 341. The number of carbonyl (C=O) groups excluding carboxylic acids is 1. The summed E-state index contributed by atoms with van der Waals surface area (Å²) in [4.78, 5) is 11.2. The first kappa shape index (κ1) is 13.4. The van der Waals surface area contributed by atoms with Crippen LogP contribution in [-0.2, 0) is 15.3 Å². The van der Waals surface area contributed by atoms with Crippen LogP contribution in [0.15, 0.2) is 9.64 Å². The molecule has 0 spiro atoms. The number of ether oxygens (including phenoxy) is 1. The predicted molar refractivity (Wildman–Crippen MR) is 63.5 cm³/mol. The van der Waals surface area contributed by atoms with E-state index in [2.05, 4.69) is 10.2 Å². The number of rotatable bonds is 6. The maximum Gasteiger partial charge on any atom is 0.316 e. The van der Waals surface area contributed by atoms with Crippen molar-refractivity contribution >= 4 is 29.5 Å². The Morgan fingerprint density at radius 2 is 2.25 bits per heavy atom. The molecule has 0 amide bonds. The monoisotopic (exact) mass is 262 g/mol. The summed E-state index contributed by atoms with van der Waals surface area (Å²) in [5, 5.41) is 8.05. The van der Waals surface area contributed by atoms with E-state index in [0.29, 0.717) is 16.9 Å². The number of hydrogen-bond donors (Lipinski definition) is 0. The molecule has 1 rings (SSSR count). The Morgan fingerprint density at radius 3 is 2.88 bits per heavy atom. The van der Waals surface area contributed by atoms with Crippen LogP contribution in [0.3, 0.4) is 0 Å². The van der Waals surface area contributed by atoms with Crippen LogP contribution in [0, 0.1) is 0 Å². The van der Waals surface area contributed by atoms with Crippen LogP contribution in [0.25, 0.3) is 0 Å². The lowest BCUT2D eigenvalue weighted by Gasteiger charge is -2.05. The van der Waals surface area contributed by atoms with Gasteiger partial charge in [0.2, 0.25) is 5.89 Å². The van der Waals surface area contributed by atoms with Crippen LogP contribution in [0.1, 0.15) is 19.7 Å². The van der Waals surface area contributed by atoms with Crippen molar-refractivity contribution in [3.63, 3.8) is 0 Å². The first-order chi connectivity index (χ1) is 7.61. The molecular weight excluding hydrogens is 248 g/mol. The Morgan fingerprint density at radius 1 is 1.50 bits per heavy atom. The highest BCUT2D eigenvalue weighted by Crippen LogP contribution is 2.18. The van der Waals surface area contributed by atoms with E-state index in [1.165, 1.54) is 11.8 Å². The van der Waals surface area contributed by atoms with E-state index in [0.717, 1.165) is 0 Å². The minimum absolute atomic E-state index is 0.0946. The molecule has 0 saturated carbocycles. The second kappa shape index (κ2) is 6.80. The van der Waals surface area contributed by atoms with E-state index in [4.69, 9.17) is 9.15 Å². The molecule has 1 aromatic heterocycles. The van der Waals surface area contributed by atoms with E-state index in [9.17, 15) is 4.79 Å². The fourth-order valence-electron chi connectivity index (χ4n) is 0.896. The summed E-state index contributed by atoms with van der Waals surface area (Å²) in [7, 11) is 0. The van der Waals surface area contributed by atoms with Crippen LogP contribution < -0.4 is 0 Å². The quantitative estimate of drug-likeness (QED) is 0.573. The molecule has 0 unspecified atom stereocenters. The molecule has 0 aliphatic rings. The molecule has 1 aromatic rings. The minimum atomic E-state index is -0.274. The molecule has 0 saturated heterocycles. The largest absolute Gasteiger partial charge is 0.462 e. The zero-order valence-electron chi connectivity index (χ0n) is 9.43. The third kappa shape index (κ3) is 4.89. The number of carbonyl (C=O) groups is 1. The van der Waals surface area contributed by atoms with Crippen LogP contribution in [0.5, 0.6) is 0 Å². The van der Waals surface area contributed by atoms with E-state index in [1.54, 1.807) is 11.8 Å². The average Bonchev–Trinajstić information content (AvgIpc) is 2.62. The van der Waals surface area contributed by atoms with E-state index >= 15 is 0 Å². The first-order valence-electron chi connectivity index (χ1n) is 4.75. The molecule has 0 N–H and O–H groups in total. The van der Waals surface area contributed by atoms with E-state index in [-0.39, 0.29) is 17.8 Å². The van der Waals surface area contributed by atoms with Gasteiger partial charge in [-0.15, -0.1) is 10.2 Å². The van der Waals surface area contributed by atoms with Crippen molar-refractivity contribution in [3.8, 4) is 0 Å². The van der Waals surface area contributed by atoms with Crippen molar-refractivity contribution in [3.05, 3.63) is 5.89 Å². The number of esters is 1. The minimum Gasteiger partial charge on any atom is -0.462 e. The van der Waals surface area contributed by atoms with Gasteiger partial charge in [-0.3, -0.25) is 4.79 Å². The molecular formula is C9H14N2O3S2. The summed E-state index contributed by atoms with van der Waals surface area (Å²) in [5.74, 6) is 1.18. The maximum atomic E-state index is 11.2. The highest BCUT2D eigenvalue weighted by atomic mass is 32.2. The summed E-state index contributed by atoms with van der Waals surface area (Å²) in [6.07, 6.45) is 1.86. The Balaban J connectivity index is 2.33. The fraction of sp³-hybridized carbons (Fsp3) is 0.667. The number of nitrogens with zero attached hydrogens (tertiary/aromatic N) is 2. The lowest BCUT2D eigenvalue weighted by molar-refractivity contribution is -0.144. The Labute approximate surface area is 103 Å². The van der Waals surface area contributed by atoms with Gasteiger partial charge in [0.05, 0.1) is 11.9 Å². The molecule has 5 nitrogen and oxygen atoms in total. The summed E-state index contributed by atoms with van der Waals surface area (Å²) >= 11 is 2.80. The third-order valence-electron chi connectivity index (χ3n) is 1.40. The Hall–Kier alpha value is -0.690. The van der Waals surface area contributed by atoms with Gasteiger partial charge in [0.25, 0.3) is 5.22 Å². The predicted octanol–water partition coefficient (Wildman–Crippen LogP) is 1.98. The smallest absolute Gasteiger partial charge is 0.316 e. The van der Waals surface area contributed by atoms with E-state index < -0.39 is 0 Å². The molecule has 90 valence electrons. The van der Waals surface area contributed by atoms with Gasteiger partial charge >= 0.3 is 5.97 Å². The summed E-state index contributed by atoms with van der Waals surface area (Å²) in [6.45, 7) is 3.62. The topological polar surface area (TPSA) is 65.2 Å². The van der Waals surface area contributed by atoms with Gasteiger partial charge in [0, 0.05) is 0 Å². The molecule has 0 fully saturated rings. The SMILES string of the molecule is CSCc1nnc(SCC(=O)OC(C)C)o1. The van der Waals surface area contributed by atoms with Gasteiger partial charge in [-0.2, -0.15) is 11.8 Å². The first-order valence-corrected chi connectivity index (χ1v) is 7.13. The van der Waals surface area contributed by atoms with Crippen molar-refractivity contribution in [1.29, 1.82) is 0 Å². The second-order valence-electron chi connectivity index (χ2n) is 3.22. The number of thioether (sulfide) groups is 2. The van der Waals surface area contributed by atoms with Crippen LogP contribution >= 0.6 is 23.5 Å². The standard InChI is InChI=1S/C9H14N2O3S2/c1-6(2)13-8(12)5-16-9-11-10-7(14-9)4-15-3/h6H,4-5H2,1-3H3. The van der Waals surface area contributed by atoms with Crippen LogP contribution in [0.4, 0.5) is 0 Å². The molecule has 0 aliphatic carbocycles. The molecule has 0 radical (unpaired) electrons. The zero-order chi connectivity index (χ0) is 12.0. The van der Waals surface area contributed by atoms with Gasteiger partial charge in [-0.1, -0.05) is 11.8 Å². The molecule has 0 aliphatic heterocycles. The average molecular weight is 262 g/mol. The molecule has 7 heteroatoms. The zero-order valence-corrected chi connectivity index (χ0v) is 11.1. The fourth-order valence-corrected chi connectivity index (χ4v) is 1.82. The summed E-state index contributed by atoms with van der Waals surface area (Å²) < 4.78 is 10.3. The summed E-state index contributed by atoms with van der Waals surface area (Å²) in [6, 6.07) is 0. The van der Waals surface area contributed by atoms with Gasteiger partial charge < -0.3 is 9.15 Å². The third-order valence-corrected chi connectivity index (χ3v) is 2.72. The molecule has 0 atom stereocenters. The van der Waals surface area contributed by atoms with Crippen molar-refractivity contribution in [1.82, 2.24) is 10.2 Å². The molecule has 0 aromatic carbocycles. The van der Waals surface area contributed by atoms with Crippen LogP contribution in [0.2, 0.25) is 0 Å². The van der Waals surface area contributed by atoms with Crippen molar-refractivity contribution in [2.24, 2.45) is 0 Å². The van der Waals surface area contributed by atoms with Crippen molar-refractivity contribution < 1.29 is 13.9 Å². The molecule has 0 bridgehead atoms. The second-order valence-corrected chi connectivity index (χ2v) is 5.01.